The standard InChI is InChI=1S/C12H24N2O/c1-9-6-12(8-14(9)3)13-11-4-5-15-10(2)7-11/h9-13H,4-8H2,1-3H3. The SMILES string of the molecule is CC1CC(NC2CC(C)N(C)C2)CCO1. The Balaban J connectivity index is 1.77. The Labute approximate surface area is 93.2 Å². The van der Waals surface area contributed by atoms with Gasteiger partial charge in [0.25, 0.3) is 0 Å². The molecule has 15 heavy (non-hydrogen) atoms. The van der Waals surface area contributed by atoms with E-state index < -0.39 is 0 Å². The highest BCUT2D eigenvalue weighted by atomic mass is 16.5. The third kappa shape index (κ3) is 2.92. The van der Waals surface area contributed by atoms with Crippen LogP contribution in [0.15, 0.2) is 0 Å². The van der Waals surface area contributed by atoms with Crippen LogP contribution >= 0.6 is 0 Å². The summed E-state index contributed by atoms with van der Waals surface area (Å²) < 4.78 is 5.56. The molecular weight excluding hydrogens is 188 g/mol. The quantitative estimate of drug-likeness (QED) is 0.745. The number of hydrogen-bond donors (Lipinski definition) is 1. The van der Waals surface area contributed by atoms with E-state index in [0.29, 0.717) is 18.2 Å². The molecule has 88 valence electrons. The van der Waals surface area contributed by atoms with Crippen molar-refractivity contribution in [2.75, 3.05) is 20.2 Å². The molecule has 1 N–H and O–H groups in total. The monoisotopic (exact) mass is 212 g/mol. The second-order valence-electron chi connectivity index (χ2n) is 5.29. The van der Waals surface area contributed by atoms with Crippen LogP contribution in [0.25, 0.3) is 0 Å². The van der Waals surface area contributed by atoms with Crippen LogP contribution in [-0.2, 0) is 4.74 Å². The summed E-state index contributed by atoms with van der Waals surface area (Å²) >= 11 is 0. The average molecular weight is 212 g/mol. The van der Waals surface area contributed by atoms with Crippen molar-refractivity contribution in [3.63, 3.8) is 0 Å². The Hall–Kier alpha value is -0.120. The molecule has 2 aliphatic heterocycles. The molecule has 0 amide bonds. The van der Waals surface area contributed by atoms with E-state index in [1.807, 2.05) is 0 Å². The zero-order valence-corrected chi connectivity index (χ0v) is 10.2. The van der Waals surface area contributed by atoms with Gasteiger partial charge < -0.3 is 15.0 Å². The fourth-order valence-electron chi connectivity index (χ4n) is 2.80. The van der Waals surface area contributed by atoms with E-state index in [-0.39, 0.29) is 0 Å². The van der Waals surface area contributed by atoms with Crippen LogP contribution in [0.4, 0.5) is 0 Å². The molecule has 0 aromatic rings. The van der Waals surface area contributed by atoms with E-state index in [1.165, 1.54) is 25.8 Å². The minimum Gasteiger partial charge on any atom is -0.378 e. The first-order chi connectivity index (χ1) is 7.15. The van der Waals surface area contributed by atoms with Gasteiger partial charge in [-0.25, -0.2) is 0 Å². The van der Waals surface area contributed by atoms with Crippen LogP contribution in [0.5, 0.6) is 0 Å². The van der Waals surface area contributed by atoms with Gasteiger partial charge in [0, 0.05) is 31.3 Å². The average Bonchev–Trinajstić information content (AvgIpc) is 2.45. The van der Waals surface area contributed by atoms with E-state index in [2.05, 4.69) is 31.1 Å². The molecule has 3 nitrogen and oxygen atoms in total. The fourth-order valence-corrected chi connectivity index (χ4v) is 2.80. The summed E-state index contributed by atoms with van der Waals surface area (Å²) in [6, 6.07) is 2.11. The van der Waals surface area contributed by atoms with Crippen LogP contribution in [0, 0.1) is 0 Å². The number of nitrogens with one attached hydrogen (secondary N) is 1. The first-order valence-electron chi connectivity index (χ1n) is 6.23. The smallest absolute Gasteiger partial charge is 0.0561 e. The maximum atomic E-state index is 5.56. The zero-order valence-electron chi connectivity index (χ0n) is 10.2. The predicted octanol–water partition coefficient (Wildman–Crippen LogP) is 1.24. The molecule has 4 unspecified atom stereocenters. The highest BCUT2D eigenvalue weighted by molar-refractivity contribution is 4.88. The molecule has 3 heteroatoms. The van der Waals surface area contributed by atoms with Crippen LogP contribution in [0.1, 0.15) is 33.1 Å². The second-order valence-corrected chi connectivity index (χ2v) is 5.29. The van der Waals surface area contributed by atoms with E-state index in [4.69, 9.17) is 4.74 Å². The Morgan fingerprint density at radius 3 is 2.60 bits per heavy atom. The summed E-state index contributed by atoms with van der Waals surface area (Å²) in [6.07, 6.45) is 4.09. The molecule has 0 aromatic heterocycles. The van der Waals surface area contributed by atoms with Crippen molar-refractivity contribution in [1.29, 1.82) is 0 Å². The predicted molar refractivity (Wildman–Crippen MR) is 62.1 cm³/mol. The molecular formula is C12H24N2O. The maximum absolute atomic E-state index is 5.56. The summed E-state index contributed by atoms with van der Waals surface area (Å²) in [5.41, 5.74) is 0. The van der Waals surface area contributed by atoms with Gasteiger partial charge in [-0.2, -0.15) is 0 Å². The third-order valence-electron chi connectivity index (χ3n) is 3.84. The van der Waals surface area contributed by atoms with Gasteiger partial charge in [0.15, 0.2) is 0 Å². The molecule has 0 bridgehead atoms. The fraction of sp³-hybridized carbons (Fsp3) is 1.00. The van der Waals surface area contributed by atoms with Gasteiger partial charge in [-0.05, 0) is 40.2 Å². The number of likely N-dealkylation sites (tertiary alicyclic amines) is 1. The summed E-state index contributed by atoms with van der Waals surface area (Å²) in [5, 5.41) is 3.79. The lowest BCUT2D eigenvalue weighted by Gasteiger charge is -2.30. The molecule has 2 heterocycles. The Morgan fingerprint density at radius 2 is 2.00 bits per heavy atom. The Kier molecular flexibility index (Phi) is 3.65. The normalized spacial score (nSPS) is 43.4. The molecule has 0 spiro atoms. The van der Waals surface area contributed by atoms with Crippen molar-refractivity contribution < 1.29 is 4.74 Å². The van der Waals surface area contributed by atoms with Gasteiger partial charge >= 0.3 is 0 Å². The lowest BCUT2D eigenvalue weighted by Crippen LogP contribution is -2.44. The number of rotatable bonds is 2. The van der Waals surface area contributed by atoms with Crippen LogP contribution in [-0.4, -0.2) is 49.3 Å². The molecule has 0 saturated carbocycles. The summed E-state index contributed by atoms with van der Waals surface area (Å²) in [7, 11) is 2.22. The van der Waals surface area contributed by atoms with Gasteiger partial charge in [0.05, 0.1) is 6.10 Å². The lowest BCUT2D eigenvalue weighted by atomic mass is 10.0. The van der Waals surface area contributed by atoms with Gasteiger partial charge in [-0.1, -0.05) is 0 Å². The van der Waals surface area contributed by atoms with Gasteiger partial charge in [0.1, 0.15) is 0 Å². The molecule has 0 aliphatic carbocycles. The largest absolute Gasteiger partial charge is 0.378 e. The van der Waals surface area contributed by atoms with Gasteiger partial charge in [-0.3, -0.25) is 0 Å². The summed E-state index contributed by atoms with van der Waals surface area (Å²) in [5.74, 6) is 0. The van der Waals surface area contributed by atoms with E-state index in [9.17, 15) is 0 Å². The first kappa shape index (κ1) is 11.4. The zero-order chi connectivity index (χ0) is 10.8. The molecule has 2 saturated heterocycles. The maximum Gasteiger partial charge on any atom is 0.0561 e. The molecule has 0 radical (unpaired) electrons. The van der Waals surface area contributed by atoms with Crippen molar-refractivity contribution in [1.82, 2.24) is 10.2 Å². The minimum absolute atomic E-state index is 0.438. The number of likely N-dealkylation sites (N-methyl/N-ethyl adjacent to an activating group) is 1. The lowest BCUT2D eigenvalue weighted by molar-refractivity contribution is 0.0115. The van der Waals surface area contributed by atoms with Crippen molar-refractivity contribution in [3.05, 3.63) is 0 Å². The molecule has 2 rings (SSSR count). The topological polar surface area (TPSA) is 24.5 Å². The highest BCUT2D eigenvalue weighted by Crippen LogP contribution is 2.19. The molecule has 0 aromatic carbocycles. The van der Waals surface area contributed by atoms with Gasteiger partial charge in [0.2, 0.25) is 0 Å². The number of hydrogen-bond acceptors (Lipinski definition) is 3. The van der Waals surface area contributed by atoms with Crippen LogP contribution in [0.2, 0.25) is 0 Å². The van der Waals surface area contributed by atoms with E-state index in [0.717, 1.165) is 12.6 Å². The summed E-state index contributed by atoms with van der Waals surface area (Å²) in [6.45, 7) is 6.62. The minimum atomic E-state index is 0.438. The number of ether oxygens (including phenoxy) is 1. The molecule has 2 fully saturated rings. The summed E-state index contributed by atoms with van der Waals surface area (Å²) in [4.78, 5) is 2.44. The van der Waals surface area contributed by atoms with Crippen LogP contribution in [0.3, 0.4) is 0 Å². The van der Waals surface area contributed by atoms with Crippen LogP contribution < -0.4 is 5.32 Å². The third-order valence-corrected chi connectivity index (χ3v) is 3.84. The van der Waals surface area contributed by atoms with Crippen molar-refractivity contribution in [3.8, 4) is 0 Å². The highest BCUT2D eigenvalue weighted by Gasteiger charge is 2.29. The van der Waals surface area contributed by atoms with Crippen molar-refractivity contribution in [2.45, 2.75) is 57.3 Å². The first-order valence-corrected chi connectivity index (χ1v) is 6.23. The van der Waals surface area contributed by atoms with Crippen molar-refractivity contribution in [2.24, 2.45) is 0 Å². The van der Waals surface area contributed by atoms with E-state index >= 15 is 0 Å². The molecule has 4 atom stereocenters. The Bertz CT molecular complexity index is 197. The Morgan fingerprint density at radius 1 is 1.20 bits per heavy atom. The molecule has 2 aliphatic rings. The number of nitrogens with zero attached hydrogens (tertiary/aromatic N) is 1. The second kappa shape index (κ2) is 4.81. The van der Waals surface area contributed by atoms with Crippen molar-refractivity contribution >= 4 is 0 Å². The van der Waals surface area contributed by atoms with Gasteiger partial charge in [-0.15, -0.1) is 0 Å². The van der Waals surface area contributed by atoms with E-state index in [1.54, 1.807) is 0 Å².